The number of nitrogens with one attached hydrogen (secondary N) is 1. The molecule has 0 fully saturated rings. The highest BCUT2D eigenvalue weighted by Crippen LogP contribution is 2.30. The zero-order valence-electron chi connectivity index (χ0n) is 12.0. The van der Waals surface area contributed by atoms with Gasteiger partial charge in [-0.3, -0.25) is 4.57 Å². The number of fused-ring (bicyclic) bond motifs is 1. The van der Waals surface area contributed by atoms with Crippen LogP contribution in [0.2, 0.25) is 0 Å². The van der Waals surface area contributed by atoms with Gasteiger partial charge in [0.1, 0.15) is 0 Å². The van der Waals surface area contributed by atoms with E-state index in [4.69, 9.17) is 12.2 Å². The maximum Gasteiger partial charge on any atom is 0.182 e. The molecule has 3 rings (SSSR count). The zero-order chi connectivity index (χ0) is 14.3. The quantitative estimate of drug-likeness (QED) is 0.624. The highest BCUT2D eigenvalue weighted by atomic mass is 32.1. The summed E-state index contributed by atoms with van der Waals surface area (Å²) < 4.78 is 2.87. The van der Waals surface area contributed by atoms with Gasteiger partial charge < -0.3 is 4.98 Å². The van der Waals surface area contributed by atoms with Gasteiger partial charge in [-0.05, 0) is 41.4 Å². The first-order valence-electron chi connectivity index (χ1n) is 6.78. The van der Waals surface area contributed by atoms with Crippen molar-refractivity contribution in [2.24, 2.45) is 0 Å². The number of hydrogen-bond donors (Lipinski definition) is 1. The van der Waals surface area contributed by atoms with Crippen molar-refractivity contribution in [1.82, 2.24) is 9.55 Å². The van der Waals surface area contributed by atoms with Crippen LogP contribution in [0.1, 0.15) is 26.3 Å². The Bertz CT molecular complexity index is 819. The monoisotopic (exact) mass is 282 g/mol. The van der Waals surface area contributed by atoms with E-state index >= 15 is 0 Å². The Morgan fingerprint density at radius 2 is 1.60 bits per heavy atom. The van der Waals surface area contributed by atoms with Crippen molar-refractivity contribution < 1.29 is 0 Å². The van der Waals surface area contributed by atoms with Crippen LogP contribution in [-0.2, 0) is 5.41 Å². The fraction of sp³-hybridized carbons (Fsp3) is 0.235. The van der Waals surface area contributed by atoms with E-state index < -0.39 is 0 Å². The fourth-order valence-corrected chi connectivity index (χ4v) is 2.90. The molecule has 0 saturated heterocycles. The topological polar surface area (TPSA) is 20.7 Å². The molecule has 3 aromatic rings. The average molecular weight is 282 g/mol. The van der Waals surface area contributed by atoms with E-state index in [2.05, 4.69) is 66.7 Å². The molecule has 0 aliphatic rings. The van der Waals surface area contributed by atoms with Crippen molar-refractivity contribution >= 4 is 23.3 Å². The summed E-state index contributed by atoms with van der Waals surface area (Å²) in [6.07, 6.45) is 0. The smallest absolute Gasteiger partial charge is 0.182 e. The van der Waals surface area contributed by atoms with Crippen LogP contribution in [-0.4, -0.2) is 9.55 Å². The predicted molar refractivity (Wildman–Crippen MR) is 87.2 cm³/mol. The SMILES string of the molecule is CC(C)(C)c1ccccc1-n1c(=S)[nH]c2ccccc21. The molecule has 0 amide bonds. The summed E-state index contributed by atoms with van der Waals surface area (Å²) in [5.41, 5.74) is 4.71. The lowest BCUT2D eigenvalue weighted by Crippen LogP contribution is -2.15. The van der Waals surface area contributed by atoms with Crippen LogP contribution in [0.15, 0.2) is 48.5 Å². The maximum absolute atomic E-state index is 5.52. The van der Waals surface area contributed by atoms with Crippen molar-refractivity contribution in [3.05, 3.63) is 58.9 Å². The lowest BCUT2D eigenvalue weighted by molar-refractivity contribution is 0.586. The van der Waals surface area contributed by atoms with Crippen LogP contribution in [0, 0.1) is 4.77 Å². The van der Waals surface area contributed by atoms with Gasteiger partial charge in [0, 0.05) is 0 Å². The van der Waals surface area contributed by atoms with Crippen molar-refractivity contribution in [2.75, 3.05) is 0 Å². The Morgan fingerprint density at radius 3 is 2.35 bits per heavy atom. The lowest BCUT2D eigenvalue weighted by Gasteiger charge is -2.23. The normalized spacial score (nSPS) is 11.9. The van der Waals surface area contributed by atoms with Crippen molar-refractivity contribution in [1.29, 1.82) is 0 Å². The second-order valence-corrected chi connectivity index (χ2v) is 6.44. The minimum Gasteiger partial charge on any atom is -0.330 e. The molecular formula is C17H18N2S. The van der Waals surface area contributed by atoms with E-state index in [1.165, 1.54) is 5.56 Å². The molecule has 3 heteroatoms. The molecule has 0 aliphatic carbocycles. The average Bonchev–Trinajstić information content (AvgIpc) is 2.73. The number of benzene rings is 2. The van der Waals surface area contributed by atoms with Gasteiger partial charge in [0.05, 0.1) is 16.7 Å². The van der Waals surface area contributed by atoms with Gasteiger partial charge in [-0.15, -0.1) is 0 Å². The van der Waals surface area contributed by atoms with Gasteiger partial charge in [0.2, 0.25) is 0 Å². The van der Waals surface area contributed by atoms with Gasteiger partial charge >= 0.3 is 0 Å². The molecule has 0 radical (unpaired) electrons. The molecule has 1 N–H and O–H groups in total. The minimum absolute atomic E-state index is 0.0732. The van der Waals surface area contributed by atoms with E-state index in [1.807, 2.05) is 12.1 Å². The standard InChI is InChI=1S/C17H18N2S/c1-17(2,3)12-8-4-6-10-14(12)19-15-11-7-5-9-13(15)18-16(19)20/h4-11H,1-3H3,(H,18,20). The lowest BCUT2D eigenvalue weighted by atomic mass is 9.86. The minimum atomic E-state index is 0.0732. The van der Waals surface area contributed by atoms with E-state index in [0.29, 0.717) is 0 Å². The first-order valence-corrected chi connectivity index (χ1v) is 7.19. The number of aromatic amines is 1. The van der Waals surface area contributed by atoms with Crippen LogP contribution in [0.4, 0.5) is 0 Å². The summed E-state index contributed by atoms with van der Waals surface area (Å²) >= 11 is 5.52. The number of rotatable bonds is 1. The van der Waals surface area contributed by atoms with Gasteiger partial charge in [0.25, 0.3) is 0 Å². The van der Waals surface area contributed by atoms with Crippen molar-refractivity contribution in [2.45, 2.75) is 26.2 Å². The molecule has 0 saturated carbocycles. The van der Waals surface area contributed by atoms with Crippen LogP contribution in [0.5, 0.6) is 0 Å². The number of hydrogen-bond acceptors (Lipinski definition) is 1. The summed E-state index contributed by atoms with van der Waals surface area (Å²) in [5.74, 6) is 0. The molecule has 2 nitrogen and oxygen atoms in total. The number of imidazole rings is 1. The Hall–Kier alpha value is -1.87. The van der Waals surface area contributed by atoms with E-state index in [-0.39, 0.29) is 5.41 Å². The Balaban J connectivity index is 2.38. The van der Waals surface area contributed by atoms with Crippen LogP contribution < -0.4 is 0 Å². The highest BCUT2D eigenvalue weighted by Gasteiger charge is 2.19. The molecule has 102 valence electrons. The van der Waals surface area contributed by atoms with Crippen LogP contribution >= 0.6 is 12.2 Å². The molecule has 0 atom stereocenters. The summed E-state index contributed by atoms with van der Waals surface area (Å²) in [5, 5.41) is 0. The molecule has 1 aromatic heterocycles. The molecule has 0 aliphatic heterocycles. The Morgan fingerprint density at radius 1 is 0.950 bits per heavy atom. The molecule has 20 heavy (non-hydrogen) atoms. The molecule has 0 spiro atoms. The first kappa shape index (κ1) is 13.1. The van der Waals surface area contributed by atoms with E-state index in [9.17, 15) is 0 Å². The van der Waals surface area contributed by atoms with E-state index in [0.717, 1.165) is 21.5 Å². The summed E-state index contributed by atoms with van der Waals surface area (Å²) in [7, 11) is 0. The predicted octanol–water partition coefficient (Wildman–Crippen LogP) is 4.99. The molecule has 1 heterocycles. The van der Waals surface area contributed by atoms with Gasteiger partial charge in [-0.2, -0.15) is 0 Å². The summed E-state index contributed by atoms with van der Waals surface area (Å²) in [4.78, 5) is 3.28. The van der Waals surface area contributed by atoms with Crippen LogP contribution in [0.25, 0.3) is 16.7 Å². The first-order chi connectivity index (χ1) is 9.48. The van der Waals surface area contributed by atoms with Gasteiger partial charge in [0.15, 0.2) is 4.77 Å². The molecule has 2 aromatic carbocycles. The summed E-state index contributed by atoms with van der Waals surface area (Å²) in [6.45, 7) is 6.68. The number of aromatic nitrogens is 2. The number of nitrogens with zero attached hydrogens (tertiary/aromatic N) is 1. The molecule has 0 unspecified atom stereocenters. The second-order valence-electron chi connectivity index (χ2n) is 6.05. The largest absolute Gasteiger partial charge is 0.330 e. The van der Waals surface area contributed by atoms with Gasteiger partial charge in [-0.1, -0.05) is 51.1 Å². The zero-order valence-corrected chi connectivity index (χ0v) is 12.8. The maximum atomic E-state index is 5.52. The highest BCUT2D eigenvalue weighted by molar-refractivity contribution is 7.71. The second kappa shape index (κ2) is 4.60. The van der Waals surface area contributed by atoms with Crippen molar-refractivity contribution in [3.63, 3.8) is 0 Å². The summed E-state index contributed by atoms with van der Waals surface area (Å²) in [6, 6.07) is 16.7. The van der Waals surface area contributed by atoms with E-state index in [1.54, 1.807) is 0 Å². The third kappa shape index (κ3) is 2.08. The third-order valence-corrected chi connectivity index (χ3v) is 3.83. The van der Waals surface area contributed by atoms with Crippen molar-refractivity contribution in [3.8, 4) is 5.69 Å². The van der Waals surface area contributed by atoms with Gasteiger partial charge in [-0.25, -0.2) is 0 Å². The number of para-hydroxylation sites is 3. The Kier molecular flexibility index (Phi) is 3.02. The third-order valence-electron chi connectivity index (χ3n) is 3.54. The molecular weight excluding hydrogens is 264 g/mol. The fourth-order valence-electron chi connectivity index (χ4n) is 2.60. The molecule has 0 bridgehead atoms. The Labute approximate surface area is 124 Å². The number of H-pyrrole nitrogens is 1. The van der Waals surface area contributed by atoms with Crippen LogP contribution in [0.3, 0.4) is 0 Å².